The highest BCUT2D eigenvalue weighted by molar-refractivity contribution is 5.09. The summed E-state index contributed by atoms with van der Waals surface area (Å²) in [5.74, 6) is -0.336. The van der Waals surface area contributed by atoms with Crippen LogP contribution in [0.15, 0.2) is 31.1 Å². The quantitative estimate of drug-likeness (QED) is 0.685. The van der Waals surface area contributed by atoms with E-state index in [9.17, 15) is 4.39 Å². The van der Waals surface area contributed by atoms with Gasteiger partial charge in [-0.1, -0.05) is 0 Å². The van der Waals surface area contributed by atoms with E-state index in [0.717, 1.165) is 5.56 Å². The zero-order valence-corrected chi connectivity index (χ0v) is 6.76. The molecule has 66 valence electrons. The maximum atomic E-state index is 12.7. The summed E-state index contributed by atoms with van der Waals surface area (Å²) >= 11 is 0. The fourth-order valence-corrected chi connectivity index (χ4v) is 1.04. The summed E-state index contributed by atoms with van der Waals surface area (Å²) in [6, 6.07) is 1.43. The van der Waals surface area contributed by atoms with Crippen LogP contribution >= 0.6 is 0 Å². The molecule has 0 aromatic carbocycles. The summed E-state index contributed by atoms with van der Waals surface area (Å²) in [7, 11) is 0. The third-order valence-electron chi connectivity index (χ3n) is 1.57. The minimum Gasteiger partial charge on any atom is -0.261 e. The van der Waals surface area contributed by atoms with E-state index in [1.165, 1.54) is 18.6 Å². The molecule has 5 heteroatoms. The average molecular weight is 178 g/mol. The van der Waals surface area contributed by atoms with Crippen molar-refractivity contribution in [3.05, 3.63) is 42.5 Å². The zero-order chi connectivity index (χ0) is 9.10. The van der Waals surface area contributed by atoms with Gasteiger partial charge in [0.05, 0.1) is 12.7 Å². The Bertz CT molecular complexity index is 385. The van der Waals surface area contributed by atoms with Crippen molar-refractivity contribution in [1.29, 1.82) is 0 Å². The molecule has 0 saturated heterocycles. The number of pyridine rings is 1. The van der Waals surface area contributed by atoms with Crippen molar-refractivity contribution in [2.45, 2.75) is 6.54 Å². The Morgan fingerprint density at radius 3 is 2.92 bits per heavy atom. The molecule has 0 spiro atoms. The van der Waals surface area contributed by atoms with E-state index in [2.05, 4.69) is 15.1 Å². The van der Waals surface area contributed by atoms with Crippen molar-refractivity contribution in [2.75, 3.05) is 0 Å². The van der Waals surface area contributed by atoms with Gasteiger partial charge in [0.2, 0.25) is 0 Å². The van der Waals surface area contributed by atoms with E-state index in [0.29, 0.717) is 6.54 Å². The lowest BCUT2D eigenvalue weighted by Crippen LogP contribution is -2.00. The first-order valence-corrected chi connectivity index (χ1v) is 3.76. The van der Waals surface area contributed by atoms with Gasteiger partial charge >= 0.3 is 0 Å². The van der Waals surface area contributed by atoms with Crippen molar-refractivity contribution < 1.29 is 4.39 Å². The molecule has 4 nitrogen and oxygen atoms in total. The third-order valence-corrected chi connectivity index (χ3v) is 1.57. The predicted molar refractivity (Wildman–Crippen MR) is 43.3 cm³/mol. The fraction of sp³-hybridized carbons (Fsp3) is 0.125. The minimum atomic E-state index is -0.336. The molecule has 0 fully saturated rings. The second kappa shape index (κ2) is 3.30. The van der Waals surface area contributed by atoms with Gasteiger partial charge in [-0.2, -0.15) is 5.10 Å². The largest absolute Gasteiger partial charge is 0.261 e. The number of hydrogen-bond acceptors (Lipinski definition) is 3. The average Bonchev–Trinajstić information content (AvgIpc) is 2.57. The Balaban J connectivity index is 2.19. The molecule has 2 aromatic rings. The first-order valence-electron chi connectivity index (χ1n) is 3.76. The Kier molecular flexibility index (Phi) is 1.99. The molecule has 0 bridgehead atoms. The van der Waals surface area contributed by atoms with Gasteiger partial charge in [0.15, 0.2) is 0 Å². The molecule has 2 rings (SSSR count). The van der Waals surface area contributed by atoms with Gasteiger partial charge in [-0.15, -0.1) is 0 Å². The third kappa shape index (κ3) is 1.87. The summed E-state index contributed by atoms with van der Waals surface area (Å²) in [6.07, 6.45) is 5.78. The van der Waals surface area contributed by atoms with Gasteiger partial charge in [0.25, 0.3) is 0 Å². The van der Waals surface area contributed by atoms with E-state index in [4.69, 9.17) is 0 Å². The van der Waals surface area contributed by atoms with Crippen molar-refractivity contribution in [3.8, 4) is 0 Å². The van der Waals surface area contributed by atoms with Gasteiger partial charge in [0, 0.05) is 6.20 Å². The second-order valence-corrected chi connectivity index (χ2v) is 2.60. The smallest absolute Gasteiger partial charge is 0.141 e. The van der Waals surface area contributed by atoms with Crippen LogP contribution in [0, 0.1) is 5.82 Å². The molecule has 13 heavy (non-hydrogen) atoms. The van der Waals surface area contributed by atoms with Crippen LogP contribution in [0.3, 0.4) is 0 Å². The van der Waals surface area contributed by atoms with Crippen molar-refractivity contribution in [2.24, 2.45) is 0 Å². The van der Waals surface area contributed by atoms with Gasteiger partial charge in [-0.25, -0.2) is 14.1 Å². The number of aromatic nitrogens is 4. The minimum absolute atomic E-state index is 0.336. The SMILES string of the molecule is Fc1cncc(Cn2cncn2)c1. The molecule has 0 aliphatic carbocycles. The van der Waals surface area contributed by atoms with Crippen LogP contribution in [0.4, 0.5) is 4.39 Å². The highest BCUT2D eigenvalue weighted by Gasteiger charge is 1.97. The van der Waals surface area contributed by atoms with Crippen LogP contribution in [0.5, 0.6) is 0 Å². The van der Waals surface area contributed by atoms with Crippen LogP contribution in [-0.4, -0.2) is 19.7 Å². The second-order valence-electron chi connectivity index (χ2n) is 2.60. The Labute approximate surface area is 74.1 Å². The molecule has 0 radical (unpaired) electrons. The lowest BCUT2D eigenvalue weighted by molar-refractivity contribution is 0.611. The first-order chi connectivity index (χ1) is 6.34. The van der Waals surface area contributed by atoms with Gasteiger partial charge < -0.3 is 0 Å². The fourth-order valence-electron chi connectivity index (χ4n) is 1.04. The molecule has 0 unspecified atom stereocenters. The molecular formula is C8H7FN4. The number of halogens is 1. The molecule has 0 aliphatic rings. The zero-order valence-electron chi connectivity index (χ0n) is 6.76. The van der Waals surface area contributed by atoms with Crippen LogP contribution in [0.1, 0.15) is 5.56 Å². The number of rotatable bonds is 2. The van der Waals surface area contributed by atoms with Crippen LogP contribution in [0.2, 0.25) is 0 Å². The van der Waals surface area contributed by atoms with E-state index < -0.39 is 0 Å². The molecule has 0 amide bonds. The van der Waals surface area contributed by atoms with E-state index in [-0.39, 0.29) is 5.82 Å². The monoisotopic (exact) mass is 178 g/mol. The van der Waals surface area contributed by atoms with Crippen molar-refractivity contribution >= 4 is 0 Å². The highest BCUT2D eigenvalue weighted by atomic mass is 19.1. The van der Waals surface area contributed by atoms with Gasteiger partial charge in [0.1, 0.15) is 18.5 Å². The molecule has 0 N–H and O–H groups in total. The van der Waals surface area contributed by atoms with Crippen LogP contribution in [0.25, 0.3) is 0 Å². The molecule has 0 saturated carbocycles. The molecule has 2 heterocycles. The Hall–Kier alpha value is -1.78. The van der Waals surface area contributed by atoms with Gasteiger partial charge in [-0.3, -0.25) is 4.98 Å². The highest BCUT2D eigenvalue weighted by Crippen LogP contribution is 2.01. The standard InChI is InChI=1S/C8H7FN4/c9-8-1-7(2-10-3-8)4-13-6-11-5-12-13/h1-3,5-6H,4H2. The lowest BCUT2D eigenvalue weighted by atomic mass is 10.3. The molecule has 2 aromatic heterocycles. The first kappa shape index (κ1) is 7.85. The number of nitrogens with zero attached hydrogens (tertiary/aromatic N) is 4. The summed E-state index contributed by atoms with van der Waals surface area (Å²) in [5, 5.41) is 3.90. The molecule has 0 atom stereocenters. The summed E-state index contributed by atoms with van der Waals surface area (Å²) in [5.41, 5.74) is 0.769. The van der Waals surface area contributed by atoms with E-state index in [1.807, 2.05) is 0 Å². The van der Waals surface area contributed by atoms with Crippen LogP contribution < -0.4 is 0 Å². The Morgan fingerprint density at radius 1 is 1.31 bits per heavy atom. The molecular weight excluding hydrogens is 171 g/mol. The maximum Gasteiger partial charge on any atom is 0.141 e. The van der Waals surface area contributed by atoms with Crippen molar-refractivity contribution in [1.82, 2.24) is 19.7 Å². The van der Waals surface area contributed by atoms with Crippen LogP contribution in [-0.2, 0) is 6.54 Å². The van der Waals surface area contributed by atoms with E-state index in [1.54, 1.807) is 17.2 Å². The normalized spacial score (nSPS) is 10.2. The van der Waals surface area contributed by atoms with Crippen molar-refractivity contribution in [3.63, 3.8) is 0 Å². The predicted octanol–water partition coefficient (Wildman–Crippen LogP) is 0.860. The molecule has 0 aliphatic heterocycles. The van der Waals surface area contributed by atoms with E-state index >= 15 is 0 Å². The number of hydrogen-bond donors (Lipinski definition) is 0. The summed E-state index contributed by atoms with van der Waals surface area (Å²) < 4.78 is 14.3. The maximum absolute atomic E-state index is 12.7. The summed E-state index contributed by atoms with van der Waals surface area (Å²) in [4.78, 5) is 7.51. The van der Waals surface area contributed by atoms with Gasteiger partial charge in [-0.05, 0) is 11.6 Å². The topological polar surface area (TPSA) is 43.6 Å². The lowest BCUT2D eigenvalue weighted by Gasteiger charge is -1.99. The summed E-state index contributed by atoms with van der Waals surface area (Å²) in [6.45, 7) is 0.491. The Morgan fingerprint density at radius 2 is 2.23 bits per heavy atom.